The Bertz CT molecular complexity index is 520. The number of halogens is 5. The monoisotopic (exact) mass is 318 g/mol. The highest BCUT2D eigenvalue weighted by Crippen LogP contribution is 2.48. The van der Waals surface area contributed by atoms with Gasteiger partial charge in [0.05, 0.1) is 18.8 Å². The fraction of sp³-hybridized carbons (Fsp3) is 0.455. The Morgan fingerprint density at radius 3 is 1.70 bits per heavy atom. The first kappa shape index (κ1) is 17.1. The molecular weight excluding hydrogens is 306 g/mol. The van der Waals surface area contributed by atoms with Crippen molar-refractivity contribution in [2.75, 3.05) is 12.8 Å². The lowest BCUT2D eigenvalue weighted by Crippen LogP contribution is -2.09. The minimum absolute atomic E-state index is 0.0161. The van der Waals surface area contributed by atoms with E-state index < -0.39 is 48.9 Å². The lowest BCUT2D eigenvalue weighted by atomic mass is 10.2. The van der Waals surface area contributed by atoms with E-state index in [1.807, 2.05) is 0 Å². The molecule has 0 aliphatic heterocycles. The normalized spacial score (nSPS) is 14.3. The van der Waals surface area contributed by atoms with Crippen molar-refractivity contribution in [3.63, 3.8) is 0 Å². The number of benzene rings is 1. The fourth-order valence-electron chi connectivity index (χ4n) is 1.36. The molecule has 0 saturated heterocycles. The first-order valence-electron chi connectivity index (χ1n) is 5.65. The molecule has 0 N–H and O–H groups in total. The summed E-state index contributed by atoms with van der Waals surface area (Å²) in [5.74, 6) is -10.4. The van der Waals surface area contributed by atoms with E-state index >= 15 is 0 Å². The van der Waals surface area contributed by atoms with Crippen LogP contribution in [0.3, 0.4) is 0 Å². The molecular formula is C11H12F5O3P. The van der Waals surface area contributed by atoms with Gasteiger partial charge in [0.15, 0.2) is 23.3 Å². The smallest absolute Gasteiger partial charge is 0.309 e. The van der Waals surface area contributed by atoms with Crippen LogP contribution in [0.5, 0.6) is 0 Å². The van der Waals surface area contributed by atoms with Crippen molar-refractivity contribution < 1.29 is 35.6 Å². The quantitative estimate of drug-likeness (QED) is 0.342. The Morgan fingerprint density at radius 2 is 1.30 bits per heavy atom. The van der Waals surface area contributed by atoms with Crippen LogP contribution in [-0.2, 0) is 20.2 Å². The maximum Gasteiger partial charge on any atom is 0.330 e. The Morgan fingerprint density at radius 1 is 0.850 bits per heavy atom. The van der Waals surface area contributed by atoms with E-state index in [4.69, 9.17) is 9.05 Å². The van der Waals surface area contributed by atoms with Gasteiger partial charge in [-0.25, -0.2) is 22.0 Å². The molecule has 0 bridgehead atoms. The highest BCUT2D eigenvalue weighted by molar-refractivity contribution is 7.53. The van der Waals surface area contributed by atoms with Crippen LogP contribution in [0, 0.1) is 29.1 Å². The average molecular weight is 318 g/mol. The molecule has 0 radical (unpaired) electrons. The predicted molar refractivity (Wildman–Crippen MR) is 60.8 cm³/mol. The molecule has 0 saturated carbocycles. The van der Waals surface area contributed by atoms with Gasteiger partial charge in [-0.2, -0.15) is 0 Å². The van der Waals surface area contributed by atoms with Gasteiger partial charge >= 0.3 is 7.60 Å². The zero-order valence-corrected chi connectivity index (χ0v) is 11.6. The minimum Gasteiger partial charge on any atom is -0.309 e. The summed E-state index contributed by atoms with van der Waals surface area (Å²) in [5.41, 5.74) is -1.19. The second-order valence-corrected chi connectivity index (χ2v) is 6.04. The summed E-state index contributed by atoms with van der Waals surface area (Å²) >= 11 is 0. The molecule has 3 nitrogen and oxygen atoms in total. The van der Waals surface area contributed by atoms with Crippen molar-refractivity contribution >= 4 is 7.60 Å². The Balaban J connectivity index is 3.08. The number of hydrogen-bond donors (Lipinski definition) is 0. The zero-order valence-electron chi connectivity index (χ0n) is 10.7. The van der Waals surface area contributed by atoms with Crippen molar-refractivity contribution in [2.45, 2.75) is 20.5 Å². The van der Waals surface area contributed by atoms with Crippen molar-refractivity contribution in [3.8, 4) is 0 Å². The zero-order chi connectivity index (χ0) is 15.5. The van der Waals surface area contributed by atoms with Crippen LogP contribution in [0.2, 0.25) is 0 Å². The third-order valence-corrected chi connectivity index (χ3v) is 4.37. The Kier molecular flexibility index (Phi) is 5.68. The van der Waals surface area contributed by atoms with Crippen LogP contribution < -0.4 is 0 Å². The molecule has 1 rings (SSSR count). The van der Waals surface area contributed by atoms with E-state index in [-0.39, 0.29) is 12.8 Å². The fourth-order valence-corrected chi connectivity index (χ4v) is 2.52. The van der Waals surface area contributed by atoms with E-state index in [1.165, 1.54) is 13.8 Å². The van der Waals surface area contributed by atoms with E-state index in [0.717, 1.165) is 0 Å². The lowest BCUT2D eigenvalue weighted by Gasteiger charge is -2.16. The van der Waals surface area contributed by atoms with Crippen molar-refractivity contribution in [3.05, 3.63) is 34.6 Å². The van der Waals surface area contributed by atoms with E-state index in [0.29, 0.717) is 0 Å². The van der Waals surface area contributed by atoms with Crippen LogP contribution in [0.4, 0.5) is 22.0 Å². The van der Waals surface area contributed by atoms with E-state index in [1.54, 1.807) is 0 Å². The molecule has 1 atom stereocenters. The molecule has 1 aromatic rings. The molecule has 20 heavy (non-hydrogen) atoms. The van der Waals surface area contributed by atoms with Crippen LogP contribution in [0.25, 0.3) is 0 Å². The van der Waals surface area contributed by atoms with Crippen LogP contribution in [0.15, 0.2) is 0 Å². The van der Waals surface area contributed by atoms with Gasteiger partial charge in [0.2, 0.25) is 5.82 Å². The molecule has 1 unspecified atom stereocenters. The summed E-state index contributed by atoms with van der Waals surface area (Å²) in [4.78, 5) is 0. The second kappa shape index (κ2) is 6.65. The molecule has 0 spiro atoms. The molecule has 0 aliphatic rings. The predicted octanol–water partition coefficient (Wildman–Crippen LogP) is 4.15. The second-order valence-electron chi connectivity index (χ2n) is 3.67. The summed E-state index contributed by atoms with van der Waals surface area (Å²) in [6.07, 6.45) is -0.101. The third-order valence-electron chi connectivity index (χ3n) is 2.42. The molecule has 9 heteroatoms. The molecule has 114 valence electrons. The largest absolute Gasteiger partial charge is 0.330 e. The first-order chi connectivity index (χ1) is 9.27. The topological polar surface area (TPSA) is 35.5 Å². The molecule has 0 aliphatic carbocycles. The van der Waals surface area contributed by atoms with Gasteiger partial charge < -0.3 is 9.05 Å². The van der Waals surface area contributed by atoms with Crippen molar-refractivity contribution in [1.29, 1.82) is 0 Å². The molecule has 0 fully saturated rings. The summed E-state index contributed by atoms with van der Waals surface area (Å²) in [6.45, 7) is 1.93. The summed E-state index contributed by atoms with van der Waals surface area (Å²) in [6, 6.07) is 0. The van der Waals surface area contributed by atoms with E-state index in [9.17, 15) is 26.5 Å². The summed E-state index contributed by atoms with van der Waals surface area (Å²) < 4.78 is 86.7. The van der Waals surface area contributed by atoms with Gasteiger partial charge in [0.25, 0.3) is 0 Å². The van der Waals surface area contributed by atoms with E-state index in [2.05, 4.69) is 0 Å². The summed E-state index contributed by atoms with van der Waals surface area (Å²) in [5, 5.41) is 0. The van der Waals surface area contributed by atoms with Gasteiger partial charge in [0, 0.05) is 6.16 Å². The highest BCUT2D eigenvalue weighted by Gasteiger charge is 2.28. The van der Waals surface area contributed by atoms with Gasteiger partial charge in [-0.05, 0) is 6.92 Å². The molecule has 0 aromatic heterocycles. The molecule has 0 heterocycles. The maximum atomic E-state index is 13.3. The standard InChI is InChI=1S/C11H12F5O3P/c1-3-18-20(17,4-2)19-5-6-7(12)9(14)11(16)10(15)8(6)13/h3-5H2,1-2H3. The van der Waals surface area contributed by atoms with Crippen LogP contribution in [-0.4, -0.2) is 12.8 Å². The highest BCUT2D eigenvalue weighted by atomic mass is 31.2. The van der Waals surface area contributed by atoms with Crippen molar-refractivity contribution in [1.82, 2.24) is 0 Å². The van der Waals surface area contributed by atoms with Crippen LogP contribution in [0.1, 0.15) is 19.4 Å². The number of rotatable bonds is 6. The van der Waals surface area contributed by atoms with Crippen LogP contribution >= 0.6 is 7.60 Å². The molecule has 1 aromatic carbocycles. The Hall–Kier alpha value is -0.980. The Labute approximate surface area is 112 Å². The lowest BCUT2D eigenvalue weighted by molar-refractivity contribution is 0.199. The van der Waals surface area contributed by atoms with Crippen molar-refractivity contribution in [2.24, 2.45) is 0 Å². The third kappa shape index (κ3) is 3.37. The average Bonchev–Trinajstić information content (AvgIpc) is 2.43. The SMILES string of the molecule is CCOP(=O)(CC)OCc1c(F)c(F)c(F)c(F)c1F. The van der Waals surface area contributed by atoms with Gasteiger partial charge in [-0.1, -0.05) is 6.92 Å². The van der Waals surface area contributed by atoms with Gasteiger partial charge in [0.1, 0.15) is 0 Å². The summed E-state index contributed by atoms with van der Waals surface area (Å²) in [7, 11) is -3.62. The maximum absolute atomic E-state index is 13.3. The van der Waals surface area contributed by atoms with Gasteiger partial charge in [-0.15, -0.1) is 0 Å². The minimum atomic E-state index is -3.62. The first-order valence-corrected chi connectivity index (χ1v) is 7.38. The molecule has 0 amide bonds. The number of hydrogen-bond acceptors (Lipinski definition) is 3. The van der Waals surface area contributed by atoms with Gasteiger partial charge in [-0.3, -0.25) is 4.57 Å².